The minimum Gasteiger partial charge on any atom is -0.388 e. The fourth-order valence-electron chi connectivity index (χ4n) is 2.67. The molecule has 1 saturated heterocycles. The summed E-state index contributed by atoms with van der Waals surface area (Å²) < 4.78 is 5.24. The van der Waals surface area contributed by atoms with Gasteiger partial charge in [-0.15, -0.1) is 0 Å². The van der Waals surface area contributed by atoms with Crippen LogP contribution < -0.4 is 5.32 Å². The van der Waals surface area contributed by atoms with Crippen LogP contribution in [-0.4, -0.2) is 47.9 Å². The lowest BCUT2D eigenvalue weighted by Gasteiger charge is -2.29. The number of ether oxygens (including phenoxy) is 1. The van der Waals surface area contributed by atoms with Crippen LogP contribution in [-0.2, 0) is 11.2 Å². The maximum Gasteiger partial charge on any atom is 0.322 e. The van der Waals surface area contributed by atoms with Gasteiger partial charge in [-0.25, -0.2) is 4.79 Å². The topological polar surface area (TPSA) is 61.8 Å². The number of hydrogen-bond donors (Lipinski definition) is 2. The molecule has 0 bridgehead atoms. The molecule has 2 rings (SSSR count). The maximum absolute atomic E-state index is 12.5. The molecule has 0 unspecified atom stereocenters. The number of aryl methyl sites for hydroxylation is 1. The van der Waals surface area contributed by atoms with E-state index in [-0.39, 0.29) is 12.1 Å². The highest BCUT2D eigenvalue weighted by Gasteiger charge is 2.33. The first kappa shape index (κ1) is 15.8. The number of aliphatic hydroxyl groups excluding tert-OH is 1. The molecule has 1 aliphatic heterocycles. The van der Waals surface area contributed by atoms with Gasteiger partial charge in [0.2, 0.25) is 0 Å². The Labute approximate surface area is 125 Å². The highest BCUT2D eigenvalue weighted by molar-refractivity contribution is 5.90. The summed E-state index contributed by atoms with van der Waals surface area (Å²) in [6, 6.07) is 7.39. The van der Waals surface area contributed by atoms with Crippen LogP contribution in [0.1, 0.15) is 25.8 Å². The Morgan fingerprint density at radius 2 is 2.14 bits per heavy atom. The van der Waals surface area contributed by atoms with Crippen molar-refractivity contribution < 1.29 is 14.6 Å². The molecule has 1 aliphatic rings. The SMILES string of the molecule is CCCc1ccccc1NC(=O)N(CC)[C@@H]1COC[C@H]1O. The van der Waals surface area contributed by atoms with Gasteiger partial charge >= 0.3 is 6.03 Å². The van der Waals surface area contributed by atoms with Crippen molar-refractivity contribution in [1.29, 1.82) is 0 Å². The summed E-state index contributed by atoms with van der Waals surface area (Å²) in [7, 11) is 0. The van der Waals surface area contributed by atoms with Crippen LogP contribution in [0.4, 0.5) is 10.5 Å². The number of nitrogens with zero attached hydrogens (tertiary/aromatic N) is 1. The summed E-state index contributed by atoms with van der Waals surface area (Å²) in [5.41, 5.74) is 1.98. The van der Waals surface area contributed by atoms with Crippen molar-refractivity contribution in [3.05, 3.63) is 29.8 Å². The zero-order chi connectivity index (χ0) is 15.2. The number of para-hydroxylation sites is 1. The van der Waals surface area contributed by atoms with Gasteiger partial charge in [-0.05, 0) is 25.0 Å². The van der Waals surface area contributed by atoms with E-state index in [4.69, 9.17) is 4.74 Å². The highest BCUT2D eigenvalue weighted by Crippen LogP contribution is 2.19. The van der Waals surface area contributed by atoms with Crippen molar-refractivity contribution in [3.63, 3.8) is 0 Å². The number of rotatable bonds is 5. The van der Waals surface area contributed by atoms with E-state index in [2.05, 4.69) is 12.2 Å². The number of urea groups is 1. The number of carbonyl (C=O) groups excluding carboxylic acids is 1. The Morgan fingerprint density at radius 1 is 1.38 bits per heavy atom. The molecule has 1 fully saturated rings. The van der Waals surface area contributed by atoms with Gasteiger partial charge in [0.25, 0.3) is 0 Å². The lowest BCUT2D eigenvalue weighted by molar-refractivity contribution is 0.1000. The molecule has 0 aliphatic carbocycles. The van der Waals surface area contributed by atoms with Crippen molar-refractivity contribution in [1.82, 2.24) is 4.90 Å². The number of nitrogens with one attached hydrogen (secondary N) is 1. The average Bonchev–Trinajstić information content (AvgIpc) is 2.88. The Bertz CT molecular complexity index is 478. The molecule has 2 atom stereocenters. The number of anilines is 1. The van der Waals surface area contributed by atoms with Crippen molar-refractivity contribution in [2.75, 3.05) is 25.1 Å². The van der Waals surface area contributed by atoms with Gasteiger partial charge in [0.1, 0.15) is 0 Å². The van der Waals surface area contributed by atoms with Gasteiger partial charge in [-0.1, -0.05) is 31.5 Å². The number of benzene rings is 1. The van der Waals surface area contributed by atoms with E-state index in [0.29, 0.717) is 19.8 Å². The van der Waals surface area contributed by atoms with E-state index in [1.807, 2.05) is 31.2 Å². The van der Waals surface area contributed by atoms with Crippen LogP contribution in [0.2, 0.25) is 0 Å². The summed E-state index contributed by atoms with van der Waals surface area (Å²) in [6.07, 6.45) is 1.35. The zero-order valence-electron chi connectivity index (χ0n) is 12.7. The van der Waals surface area contributed by atoms with Crippen molar-refractivity contribution >= 4 is 11.7 Å². The lowest BCUT2D eigenvalue weighted by Crippen LogP contribution is -2.48. The summed E-state index contributed by atoms with van der Waals surface area (Å²) in [4.78, 5) is 14.1. The molecule has 0 aromatic heterocycles. The Hall–Kier alpha value is -1.59. The zero-order valence-corrected chi connectivity index (χ0v) is 12.7. The number of amides is 2. The molecule has 1 aromatic carbocycles. The molecule has 116 valence electrons. The van der Waals surface area contributed by atoms with E-state index in [1.54, 1.807) is 4.90 Å². The van der Waals surface area contributed by atoms with Crippen molar-refractivity contribution in [2.45, 2.75) is 38.8 Å². The van der Waals surface area contributed by atoms with Gasteiger partial charge in [-0.2, -0.15) is 0 Å². The van der Waals surface area contributed by atoms with E-state index in [1.165, 1.54) is 0 Å². The van der Waals surface area contributed by atoms with Crippen LogP contribution in [0.5, 0.6) is 0 Å². The number of aliphatic hydroxyl groups is 1. The first-order valence-electron chi connectivity index (χ1n) is 7.58. The third kappa shape index (κ3) is 3.74. The van der Waals surface area contributed by atoms with E-state index < -0.39 is 6.10 Å². The Balaban J connectivity index is 2.09. The molecule has 21 heavy (non-hydrogen) atoms. The molecule has 5 nitrogen and oxygen atoms in total. The molecular formula is C16H24N2O3. The second kappa shape index (κ2) is 7.43. The lowest BCUT2D eigenvalue weighted by atomic mass is 10.1. The number of hydrogen-bond acceptors (Lipinski definition) is 3. The van der Waals surface area contributed by atoms with Gasteiger partial charge in [0.15, 0.2) is 0 Å². The van der Waals surface area contributed by atoms with Crippen LogP contribution in [0.3, 0.4) is 0 Å². The minimum atomic E-state index is -0.610. The number of carbonyl (C=O) groups is 1. The van der Waals surface area contributed by atoms with Crippen LogP contribution in [0.25, 0.3) is 0 Å². The van der Waals surface area contributed by atoms with Crippen molar-refractivity contribution in [2.24, 2.45) is 0 Å². The molecule has 0 spiro atoms. The van der Waals surface area contributed by atoms with Crippen LogP contribution in [0, 0.1) is 0 Å². The third-order valence-electron chi connectivity index (χ3n) is 3.80. The van der Waals surface area contributed by atoms with Crippen LogP contribution in [0.15, 0.2) is 24.3 Å². The molecule has 2 amide bonds. The normalized spacial score (nSPS) is 21.3. The standard InChI is InChI=1S/C16H24N2O3/c1-3-7-12-8-5-6-9-13(12)17-16(20)18(4-2)14-10-21-11-15(14)19/h5-6,8-9,14-15,19H,3-4,7,10-11H2,1-2H3,(H,17,20)/t14-,15-/m1/s1. The predicted molar refractivity (Wildman–Crippen MR) is 82.4 cm³/mol. The van der Waals surface area contributed by atoms with Gasteiger partial charge in [0.05, 0.1) is 25.4 Å². The van der Waals surface area contributed by atoms with E-state index in [9.17, 15) is 9.90 Å². The first-order valence-corrected chi connectivity index (χ1v) is 7.58. The minimum absolute atomic E-state index is 0.185. The second-order valence-corrected chi connectivity index (χ2v) is 5.30. The highest BCUT2D eigenvalue weighted by atomic mass is 16.5. The Kier molecular flexibility index (Phi) is 5.59. The fourth-order valence-corrected chi connectivity index (χ4v) is 2.67. The fraction of sp³-hybridized carbons (Fsp3) is 0.562. The number of likely N-dealkylation sites (N-methyl/N-ethyl adjacent to an activating group) is 1. The summed E-state index contributed by atoms with van der Waals surface area (Å²) in [6.45, 7) is 5.23. The van der Waals surface area contributed by atoms with E-state index >= 15 is 0 Å². The molecule has 5 heteroatoms. The first-order chi connectivity index (χ1) is 10.2. The second-order valence-electron chi connectivity index (χ2n) is 5.30. The average molecular weight is 292 g/mol. The summed E-state index contributed by atoms with van der Waals surface area (Å²) in [5.74, 6) is 0. The predicted octanol–water partition coefficient (Wildman–Crippen LogP) is 2.25. The monoisotopic (exact) mass is 292 g/mol. The van der Waals surface area contributed by atoms with Crippen LogP contribution >= 0.6 is 0 Å². The van der Waals surface area contributed by atoms with Crippen molar-refractivity contribution in [3.8, 4) is 0 Å². The smallest absolute Gasteiger partial charge is 0.322 e. The Morgan fingerprint density at radius 3 is 2.76 bits per heavy atom. The van der Waals surface area contributed by atoms with E-state index in [0.717, 1.165) is 24.1 Å². The molecule has 2 N–H and O–H groups in total. The molecular weight excluding hydrogens is 268 g/mol. The maximum atomic E-state index is 12.5. The largest absolute Gasteiger partial charge is 0.388 e. The van der Waals surface area contributed by atoms with Gasteiger partial charge in [-0.3, -0.25) is 0 Å². The van der Waals surface area contributed by atoms with Gasteiger partial charge < -0.3 is 20.1 Å². The summed E-state index contributed by atoms with van der Waals surface area (Å²) in [5, 5.41) is 12.9. The molecule has 0 saturated carbocycles. The quantitative estimate of drug-likeness (QED) is 0.875. The summed E-state index contributed by atoms with van der Waals surface area (Å²) >= 11 is 0. The molecule has 0 radical (unpaired) electrons. The van der Waals surface area contributed by atoms with Gasteiger partial charge in [0, 0.05) is 12.2 Å². The molecule has 1 aromatic rings. The third-order valence-corrected chi connectivity index (χ3v) is 3.80. The molecule has 1 heterocycles.